The fraction of sp³-hybridized carbons (Fsp3) is 0.522. The third-order valence-electron chi connectivity index (χ3n) is 5.91. The van der Waals surface area contributed by atoms with Gasteiger partial charge in [0.2, 0.25) is 6.20 Å². The third kappa shape index (κ3) is 4.31. The second kappa shape index (κ2) is 8.24. The van der Waals surface area contributed by atoms with E-state index in [4.69, 9.17) is 9.47 Å². The van der Waals surface area contributed by atoms with Crippen LogP contribution in [0.25, 0.3) is 11.3 Å². The topological polar surface area (TPSA) is 87.5 Å². The average Bonchev–Trinajstić information content (AvgIpc) is 3.01. The first kappa shape index (κ1) is 22.9. The zero-order chi connectivity index (χ0) is 23.3. The van der Waals surface area contributed by atoms with E-state index in [9.17, 15) is 9.59 Å². The lowest BCUT2D eigenvalue weighted by atomic mass is 9.88. The molecule has 0 aliphatic carbocycles. The third-order valence-corrected chi connectivity index (χ3v) is 6.99. The summed E-state index contributed by atoms with van der Waals surface area (Å²) in [4.78, 5) is 30.2. The van der Waals surface area contributed by atoms with Gasteiger partial charge in [-0.25, -0.2) is 9.36 Å². The number of carbonyl (C=O) groups is 2. The van der Waals surface area contributed by atoms with Gasteiger partial charge in [-0.05, 0) is 56.7 Å². The van der Waals surface area contributed by atoms with Gasteiger partial charge in [0.25, 0.3) is 5.91 Å². The van der Waals surface area contributed by atoms with Gasteiger partial charge < -0.3 is 19.8 Å². The van der Waals surface area contributed by atoms with Gasteiger partial charge in [0.1, 0.15) is 19.3 Å². The molecule has 0 saturated carbocycles. The van der Waals surface area contributed by atoms with Gasteiger partial charge in [-0.2, -0.15) is 0 Å². The quantitative estimate of drug-likeness (QED) is 0.450. The van der Waals surface area contributed by atoms with E-state index in [1.807, 2.05) is 57.8 Å². The normalized spacial score (nSPS) is 20.3. The molecule has 2 aromatic heterocycles. The molecule has 9 heteroatoms. The largest absolute Gasteiger partial charge is 0.484 e. The van der Waals surface area contributed by atoms with Gasteiger partial charge >= 0.3 is 6.09 Å². The number of aromatic amines is 1. The molecule has 32 heavy (non-hydrogen) atoms. The Hall–Kier alpha value is -2.30. The molecule has 0 aromatic carbocycles. The van der Waals surface area contributed by atoms with E-state index >= 15 is 0 Å². The molecule has 8 nitrogen and oxygen atoms in total. The number of aromatic nitrogens is 2. The summed E-state index contributed by atoms with van der Waals surface area (Å²) in [6, 6.07) is 1.99. The summed E-state index contributed by atoms with van der Waals surface area (Å²) in [7, 11) is 1.94. The molecule has 0 bridgehead atoms. The van der Waals surface area contributed by atoms with Gasteiger partial charge in [-0.1, -0.05) is 0 Å². The minimum Gasteiger partial charge on any atom is -0.484 e. The lowest BCUT2D eigenvalue weighted by Crippen LogP contribution is -2.64. The Morgan fingerprint density at radius 1 is 1.38 bits per heavy atom. The van der Waals surface area contributed by atoms with Crippen LogP contribution in [0.1, 0.15) is 50.2 Å². The van der Waals surface area contributed by atoms with Crippen molar-refractivity contribution >= 4 is 34.6 Å². The van der Waals surface area contributed by atoms with Crippen molar-refractivity contribution in [1.82, 2.24) is 15.2 Å². The molecule has 4 heterocycles. The molecule has 0 radical (unpaired) electrons. The van der Waals surface area contributed by atoms with Crippen molar-refractivity contribution in [3.63, 3.8) is 0 Å². The Balaban J connectivity index is 1.58. The van der Waals surface area contributed by atoms with Gasteiger partial charge in [-0.15, -0.1) is 0 Å². The minimum absolute atomic E-state index is 0.0444. The molecule has 1 fully saturated rings. The number of amides is 2. The summed E-state index contributed by atoms with van der Waals surface area (Å²) in [5.74, 6) is 0.654. The van der Waals surface area contributed by atoms with Gasteiger partial charge in [0.05, 0.1) is 25.9 Å². The first-order valence-electron chi connectivity index (χ1n) is 10.8. The molecule has 2 aliphatic heterocycles. The average molecular weight is 553 g/mol. The van der Waals surface area contributed by atoms with Crippen molar-refractivity contribution in [3.8, 4) is 17.0 Å². The number of halogens is 1. The number of nitrogens with zero attached hydrogens (tertiary/aromatic N) is 2. The van der Waals surface area contributed by atoms with E-state index in [1.165, 1.54) is 0 Å². The number of likely N-dealkylation sites (tertiary alicyclic amines) is 1. The van der Waals surface area contributed by atoms with E-state index < -0.39 is 11.1 Å². The van der Waals surface area contributed by atoms with E-state index in [0.29, 0.717) is 31.0 Å². The number of aryl methyl sites for hydroxylation is 1. The first-order chi connectivity index (χ1) is 15.0. The highest BCUT2D eigenvalue weighted by Crippen LogP contribution is 2.37. The summed E-state index contributed by atoms with van der Waals surface area (Å²) in [6.45, 7) is 9.26. The van der Waals surface area contributed by atoms with Gasteiger partial charge in [-0.3, -0.25) is 9.69 Å². The molecule has 4 rings (SSSR count). The lowest BCUT2D eigenvalue weighted by molar-refractivity contribution is -0.671. The zero-order valence-corrected chi connectivity index (χ0v) is 21.3. The Bertz CT molecular complexity index is 1070. The molecule has 2 amide bonds. The maximum Gasteiger partial charge on any atom is 0.410 e. The van der Waals surface area contributed by atoms with Crippen molar-refractivity contribution in [2.75, 3.05) is 19.7 Å². The number of nitrogens with one attached hydrogen (secondary N) is 2. The summed E-state index contributed by atoms with van der Waals surface area (Å²) in [5, 5.41) is 2.91. The van der Waals surface area contributed by atoms with Crippen LogP contribution < -0.4 is 14.6 Å². The smallest absolute Gasteiger partial charge is 0.410 e. The van der Waals surface area contributed by atoms with Crippen LogP contribution in [-0.2, 0) is 18.2 Å². The van der Waals surface area contributed by atoms with Crippen LogP contribution in [0.15, 0.2) is 18.5 Å². The number of carbonyl (C=O) groups excluding carboxylic acids is 2. The molecular weight excluding hydrogens is 523 g/mol. The van der Waals surface area contributed by atoms with E-state index in [2.05, 4.69) is 32.9 Å². The highest BCUT2D eigenvalue weighted by molar-refractivity contribution is 14.1. The van der Waals surface area contributed by atoms with Crippen LogP contribution >= 0.6 is 22.6 Å². The SMILES string of the molecule is C[n+]1ccc(-c2[nH]c3c(c2I)C(=O)NCC3)c(OCC2(C)CCN2C(=O)OC(C)(C)C)c1. The number of fused-ring (bicyclic) bond motifs is 1. The predicted molar refractivity (Wildman–Crippen MR) is 128 cm³/mol. The van der Waals surface area contributed by atoms with E-state index in [0.717, 1.165) is 33.4 Å². The Kier molecular flexibility index (Phi) is 5.89. The zero-order valence-electron chi connectivity index (χ0n) is 19.2. The summed E-state index contributed by atoms with van der Waals surface area (Å²) >= 11 is 2.23. The fourth-order valence-electron chi connectivity index (χ4n) is 4.04. The van der Waals surface area contributed by atoms with Crippen molar-refractivity contribution in [3.05, 3.63) is 33.3 Å². The molecule has 2 aromatic rings. The molecule has 2 aliphatic rings. The number of rotatable bonds is 4. The molecule has 1 saturated heterocycles. The van der Waals surface area contributed by atoms with Crippen LogP contribution in [0.3, 0.4) is 0 Å². The monoisotopic (exact) mass is 553 g/mol. The summed E-state index contributed by atoms with van der Waals surface area (Å²) < 4.78 is 14.7. The van der Waals surface area contributed by atoms with Crippen LogP contribution in [0.4, 0.5) is 4.79 Å². The van der Waals surface area contributed by atoms with Crippen molar-refractivity contribution in [2.45, 2.75) is 51.7 Å². The minimum atomic E-state index is -0.537. The first-order valence-corrected chi connectivity index (χ1v) is 11.9. The standard InChI is InChI=1S/C23H29IN4O4/c1-22(2,3)32-21(30)28-11-8-23(28,4)13-31-16-12-27(5)10-7-14(16)19-18(24)17-15(26-19)6-9-25-20(17)29/h7,10,12H,6,8-9,11,13H2,1-5H3,(H,25,29)/p+1. The van der Waals surface area contributed by atoms with E-state index in [-0.39, 0.29) is 12.0 Å². The molecule has 2 N–H and O–H groups in total. The van der Waals surface area contributed by atoms with Crippen LogP contribution in [0.2, 0.25) is 0 Å². The van der Waals surface area contributed by atoms with Gasteiger partial charge in [0.15, 0.2) is 11.9 Å². The number of H-pyrrole nitrogens is 1. The molecular formula is C23H30IN4O4+. The van der Waals surface area contributed by atoms with Crippen LogP contribution in [0, 0.1) is 3.57 Å². The maximum absolute atomic E-state index is 12.6. The molecule has 172 valence electrons. The van der Waals surface area contributed by atoms with Crippen molar-refractivity contribution in [1.29, 1.82) is 0 Å². The number of ether oxygens (including phenoxy) is 2. The Morgan fingerprint density at radius 3 is 2.75 bits per heavy atom. The fourth-order valence-corrected chi connectivity index (χ4v) is 5.03. The molecule has 1 atom stereocenters. The maximum atomic E-state index is 12.6. The molecule has 1 unspecified atom stereocenters. The van der Waals surface area contributed by atoms with Gasteiger partial charge in [0, 0.05) is 31.3 Å². The number of hydrogen-bond acceptors (Lipinski definition) is 4. The van der Waals surface area contributed by atoms with Crippen molar-refractivity contribution < 1.29 is 23.6 Å². The second-order valence-electron chi connectivity index (χ2n) is 9.73. The number of pyridine rings is 1. The van der Waals surface area contributed by atoms with E-state index in [1.54, 1.807) is 4.90 Å². The highest BCUT2D eigenvalue weighted by atomic mass is 127. The van der Waals surface area contributed by atoms with Crippen LogP contribution in [-0.4, -0.2) is 52.7 Å². The summed E-state index contributed by atoms with van der Waals surface area (Å²) in [5.41, 5.74) is 2.47. The number of hydrogen-bond donors (Lipinski definition) is 2. The van der Waals surface area contributed by atoms with Crippen molar-refractivity contribution in [2.24, 2.45) is 7.05 Å². The van der Waals surface area contributed by atoms with Crippen LogP contribution in [0.5, 0.6) is 5.75 Å². The second-order valence-corrected chi connectivity index (χ2v) is 10.8. The predicted octanol–water partition coefficient (Wildman–Crippen LogP) is 3.18. The Morgan fingerprint density at radius 2 is 2.12 bits per heavy atom. The summed E-state index contributed by atoms with van der Waals surface area (Å²) in [6.07, 6.45) is 5.18. The lowest BCUT2D eigenvalue weighted by Gasteiger charge is -2.49. The highest BCUT2D eigenvalue weighted by Gasteiger charge is 2.46. The molecule has 0 spiro atoms. The Labute approximate surface area is 201 Å².